The highest BCUT2D eigenvalue weighted by molar-refractivity contribution is 7.88. The summed E-state index contributed by atoms with van der Waals surface area (Å²) in [6.45, 7) is 1.93. The summed E-state index contributed by atoms with van der Waals surface area (Å²) in [6.07, 6.45) is 0. The van der Waals surface area contributed by atoms with Crippen molar-refractivity contribution in [2.24, 2.45) is 0 Å². The molecule has 0 aromatic heterocycles. The van der Waals surface area contributed by atoms with E-state index in [-0.39, 0.29) is 12.4 Å². The Bertz CT molecular complexity index is 810. The zero-order chi connectivity index (χ0) is 18.4. The molecule has 1 N–H and O–H groups in total. The molecule has 0 heterocycles. The molecule has 0 aliphatic carbocycles. The second kappa shape index (κ2) is 8.76. The Hall–Kier alpha value is -1.47. The summed E-state index contributed by atoms with van der Waals surface area (Å²) < 4.78 is 37.7. The van der Waals surface area contributed by atoms with E-state index in [1.807, 2.05) is 0 Å². The van der Waals surface area contributed by atoms with Crippen LogP contribution in [-0.4, -0.2) is 28.2 Å². The SMILES string of the molecule is COc1ccc(OC[C@H](C)NS(=O)(=O)Cc2ccc(Cl)c(Cl)c2)cc1. The lowest BCUT2D eigenvalue weighted by atomic mass is 10.2. The Morgan fingerprint density at radius 3 is 2.28 bits per heavy atom. The van der Waals surface area contributed by atoms with Crippen molar-refractivity contribution in [2.75, 3.05) is 13.7 Å². The van der Waals surface area contributed by atoms with E-state index in [0.717, 1.165) is 5.75 Å². The second-order valence-electron chi connectivity index (χ2n) is 5.51. The largest absolute Gasteiger partial charge is 0.497 e. The molecule has 2 rings (SSSR count). The molecular formula is C17H19Cl2NO4S. The molecule has 136 valence electrons. The molecule has 25 heavy (non-hydrogen) atoms. The first kappa shape index (κ1) is 19.8. The average molecular weight is 404 g/mol. The summed E-state index contributed by atoms with van der Waals surface area (Å²) >= 11 is 11.7. The van der Waals surface area contributed by atoms with Crippen LogP contribution in [0.15, 0.2) is 42.5 Å². The smallest absolute Gasteiger partial charge is 0.216 e. The van der Waals surface area contributed by atoms with E-state index < -0.39 is 16.1 Å². The highest BCUT2D eigenvalue weighted by Crippen LogP contribution is 2.23. The van der Waals surface area contributed by atoms with E-state index >= 15 is 0 Å². The van der Waals surface area contributed by atoms with Gasteiger partial charge in [-0.3, -0.25) is 0 Å². The van der Waals surface area contributed by atoms with Crippen LogP contribution in [-0.2, 0) is 15.8 Å². The molecule has 0 unspecified atom stereocenters. The van der Waals surface area contributed by atoms with Crippen molar-refractivity contribution in [3.8, 4) is 11.5 Å². The molecule has 0 aliphatic heterocycles. The van der Waals surface area contributed by atoms with Crippen LogP contribution in [0.1, 0.15) is 12.5 Å². The Balaban J connectivity index is 1.89. The number of halogens is 2. The molecule has 0 spiro atoms. The normalized spacial score (nSPS) is 12.6. The topological polar surface area (TPSA) is 64.6 Å². The molecule has 0 amide bonds. The maximum Gasteiger partial charge on any atom is 0.216 e. The molecule has 0 radical (unpaired) electrons. The summed E-state index contributed by atoms with van der Waals surface area (Å²) in [4.78, 5) is 0. The Morgan fingerprint density at radius 1 is 1.04 bits per heavy atom. The standard InChI is InChI=1S/C17H19Cl2NO4S/c1-12(10-24-15-6-4-14(23-2)5-7-15)20-25(21,22)11-13-3-8-16(18)17(19)9-13/h3-9,12,20H,10-11H2,1-2H3/t12-/m0/s1. The van der Waals surface area contributed by atoms with Gasteiger partial charge in [-0.2, -0.15) is 0 Å². The zero-order valence-corrected chi connectivity index (χ0v) is 16.2. The Labute approximate surface area is 157 Å². The highest BCUT2D eigenvalue weighted by Gasteiger charge is 2.16. The third kappa shape index (κ3) is 6.40. The van der Waals surface area contributed by atoms with Crippen LogP contribution in [0.5, 0.6) is 11.5 Å². The van der Waals surface area contributed by atoms with Crippen LogP contribution >= 0.6 is 23.2 Å². The number of rotatable bonds is 8. The summed E-state index contributed by atoms with van der Waals surface area (Å²) in [7, 11) is -1.95. The number of ether oxygens (including phenoxy) is 2. The first-order valence-electron chi connectivity index (χ1n) is 7.50. The number of methoxy groups -OCH3 is 1. The van der Waals surface area contributed by atoms with Gasteiger partial charge in [-0.25, -0.2) is 13.1 Å². The molecular weight excluding hydrogens is 385 g/mol. The van der Waals surface area contributed by atoms with Gasteiger partial charge in [0.2, 0.25) is 10.0 Å². The molecule has 0 aliphatic rings. The molecule has 2 aromatic carbocycles. The van der Waals surface area contributed by atoms with Gasteiger partial charge in [0.1, 0.15) is 18.1 Å². The molecule has 0 saturated carbocycles. The number of hydrogen-bond donors (Lipinski definition) is 1. The molecule has 0 saturated heterocycles. The van der Waals surface area contributed by atoms with Crippen molar-refractivity contribution >= 4 is 33.2 Å². The number of nitrogens with one attached hydrogen (secondary N) is 1. The van der Waals surface area contributed by atoms with Crippen LogP contribution in [0.3, 0.4) is 0 Å². The maximum atomic E-state index is 12.2. The zero-order valence-electron chi connectivity index (χ0n) is 13.8. The minimum atomic E-state index is -3.53. The second-order valence-corrected chi connectivity index (χ2v) is 8.08. The fourth-order valence-corrected chi connectivity index (χ4v) is 3.83. The molecule has 0 fully saturated rings. The van der Waals surface area contributed by atoms with E-state index in [1.54, 1.807) is 56.5 Å². The molecule has 8 heteroatoms. The van der Waals surface area contributed by atoms with E-state index in [1.165, 1.54) is 0 Å². The van der Waals surface area contributed by atoms with E-state index in [9.17, 15) is 8.42 Å². The van der Waals surface area contributed by atoms with E-state index in [4.69, 9.17) is 32.7 Å². The monoisotopic (exact) mass is 403 g/mol. The first-order chi connectivity index (χ1) is 11.8. The van der Waals surface area contributed by atoms with Gasteiger partial charge in [0, 0.05) is 0 Å². The van der Waals surface area contributed by atoms with Crippen molar-refractivity contribution in [1.29, 1.82) is 0 Å². The van der Waals surface area contributed by atoms with Gasteiger partial charge in [-0.05, 0) is 48.9 Å². The van der Waals surface area contributed by atoms with Crippen LogP contribution in [0, 0.1) is 0 Å². The molecule has 1 atom stereocenters. The molecule has 0 bridgehead atoms. The summed E-state index contributed by atoms with van der Waals surface area (Å²) in [5, 5.41) is 0.710. The Morgan fingerprint density at radius 2 is 1.68 bits per heavy atom. The Kier molecular flexibility index (Phi) is 6.95. The summed E-state index contributed by atoms with van der Waals surface area (Å²) in [6, 6.07) is 11.4. The lowest BCUT2D eigenvalue weighted by Crippen LogP contribution is -2.37. The first-order valence-corrected chi connectivity index (χ1v) is 9.90. The molecule has 5 nitrogen and oxygen atoms in total. The fourth-order valence-electron chi connectivity index (χ4n) is 2.12. The van der Waals surface area contributed by atoms with Gasteiger partial charge in [-0.1, -0.05) is 29.3 Å². The minimum Gasteiger partial charge on any atom is -0.497 e. The highest BCUT2D eigenvalue weighted by atomic mass is 35.5. The van der Waals surface area contributed by atoms with Crippen molar-refractivity contribution in [2.45, 2.75) is 18.7 Å². The third-order valence-electron chi connectivity index (χ3n) is 3.28. The van der Waals surface area contributed by atoms with Crippen LogP contribution in [0.4, 0.5) is 0 Å². The van der Waals surface area contributed by atoms with Gasteiger partial charge in [0.05, 0.1) is 28.9 Å². The quantitative estimate of drug-likeness (QED) is 0.725. The van der Waals surface area contributed by atoms with Crippen molar-refractivity contribution < 1.29 is 17.9 Å². The average Bonchev–Trinajstić information content (AvgIpc) is 2.56. The van der Waals surface area contributed by atoms with Gasteiger partial charge >= 0.3 is 0 Å². The predicted molar refractivity (Wildman–Crippen MR) is 100 cm³/mol. The van der Waals surface area contributed by atoms with Crippen molar-refractivity contribution in [3.63, 3.8) is 0 Å². The van der Waals surface area contributed by atoms with Crippen LogP contribution in [0.2, 0.25) is 10.0 Å². The summed E-state index contributed by atoms with van der Waals surface area (Å²) in [5.41, 5.74) is 0.560. The van der Waals surface area contributed by atoms with Gasteiger partial charge in [-0.15, -0.1) is 0 Å². The lowest BCUT2D eigenvalue weighted by Gasteiger charge is -2.15. The van der Waals surface area contributed by atoms with Crippen LogP contribution < -0.4 is 14.2 Å². The van der Waals surface area contributed by atoms with Crippen molar-refractivity contribution in [1.82, 2.24) is 4.72 Å². The summed E-state index contributed by atoms with van der Waals surface area (Å²) in [5.74, 6) is 1.18. The number of benzene rings is 2. The van der Waals surface area contributed by atoms with E-state index in [2.05, 4.69) is 4.72 Å². The minimum absolute atomic E-state index is 0.184. The third-order valence-corrected chi connectivity index (χ3v) is 5.49. The lowest BCUT2D eigenvalue weighted by molar-refractivity contribution is 0.287. The van der Waals surface area contributed by atoms with Gasteiger partial charge in [0.25, 0.3) is 0 Å². The van der Waals surface area contributed by atoms with Crippen molar-refractivity contribution in [3.05, 3.63) is 58.1 Å². The number of sulfonamides is 1. The number of hydrogen-bond acceptors (Lipinski definition) is 4. The predicted octanol–water partition coefficient (Wildman–Crippen LogP) is 3.89. The van der Waals surface area contributed by atoms with Crippen LogP contribution in [0.25, 0.3) is 0 Å². The van der Waals surface area contributed by atoms with Gasteiger partial charge in [0.15, 0.2) is 0 Å². The fraction of sp³-hybridized carbons (Fsp3) is 0.294. The maximum absolute atomic E-state index is 12.2. The molecule has 2 aromatic rings. The van der Waals surface area contributed by atoms with Gasteiger partial charge < -0.3 is 9.47 Å². The van der Waals surface area contributed by atoms with E-state index in [0.29, 0.717) is 21.4 Å².